The van der Waals surface area contributed by atoms with Crippen molar-refractivity contribution >= 4 is 66.9 Å². The Morgan fingerprint density at radius 3 is 2.28 bits per heavy atom. The second kappa shape index (κ2) is 21.2. The summed E-state index contributed by atoms with van der Waals surface area (Å²) >= 11 is 5.13. The number of halogens is 2. The SMILES string of the molecule is CC(C)C(N)C(=O)NC(CCCNC(N)=O)C(=O)Nc1ccc(CNc2ncnc3c2ncn3[C@@H]2O[C@@H]3COP(O)(=S)O[C@H]4[C@@H](F)[C@H](n5ccc(=O)[nH]c5=O)O[C@@H]4COP(=O)(O)O[C@H]3[C@H]2F)cc1. The third-order valence-electron chi connectivity index (χ3n) is 10.9. The monoisotopic (exact) mass is 1020 g/mol. The molecule has 68 heavy (non-hydrogen) atoms. The Hall–Kier alpha value is -5.16. The highest BCUT2D eigenvalue weighted by molar-refractivity contribution is 8.07. The number of carbonyl (C=O) groups is 3. The Morgan fingerprint density at radius 1 is 0.956 bits per heavy atom. The molecule has 4 aromatic rings. The molecule has 31 heteroatoms. The molecule has 370 valence electrons. The number of nitrogens with two attached hydrogens (primary N) is 2. The number of H-pyrrole nitrogens is 1. The number of ether oxygens (including phenoxy) is 2. The van der Waals surface area contributed by atoms with Gasteiger partial charge in [-0.05, 0) is 48.3 Å². The summed E-state index contributed by atoms with van der Waals surface area (Å²) in [6.07, 6.45) is -11.0. The number of aromatic nitrogens is 6. The van der Waals surface area contributed by atoms with Crippen LogP contribution in [0.4, 0.5) is 25.1 Å². The molecule has 3 fully saturated rings. The van der Waals surface area contributed by atoms with Crippen molar-refractivity contribution in [3.8, 4) is 0 Å². The van der Waals surface area contributed by atoms with Crippen LogP contribution in [0, 0.1) is 5.92 Å². The van der Waals surface area contributed by atoms with Gasteiger partial charge in [-0.3, -0.25) is 42.1 Å². The summed E-state index contributed by atoms with van der Waals surface area (Å²) in [5.74, 6) is -0.980. The summed E-state index contributed by atoms with van der Waals surface area (Å²) in [5, 5.41) is 11.0. The van der Waals surface area contributed by atoms with Crippen LogP contribution >= 0.6 is 14.5 Å². The number of primary amides is 1. The molecule has 4 unspecified atom stereocenters. The molecule has 3 saturated heterocycles. The van der Waals surface area contributed by atoms with Crippen molar-refractivity contribution in [3.05, 3.63) is 75.6 Å². The molecule has 0 aliphatic carbocycles. The van der Waals surface area contributed by atoms with Gasteiger partial charge in [0.2, 0.25) is 11.8 Å². The van der Waals surface area contributed by atoms with Gasteiger partial charge in [0.25, 0.3) is 5.56 Å². The fraction of sp³-hybridized carbons (Fsp3) is 0.514. The van der Waals surface area contributed by atoms with E-state index in [1.165, 1.54) is 17.2 Å². The Labute approximate surface area is 388 Å². The first-order chi connectivity index (χ1) is 32.2. The average molecular weight is 1020 g/mol. The topological polar surface area (TPSA) is 363 Å². The van der Waals surface area contributed by atoms with Gasteiger partial charge in [0.1, 0.15) is 36.8 Å². The lowest BCUT2D eigenvalue weighted by molar-refractivity contribution is -0.128. The summed E-state index contributed by atoms with van der Waals surface area (Å²) in [6, 6.07) is 5.09. The van der Waals surface area contributed by atoms with Gasteiger partial charge in [0.15, 0.2) is 41.8 Å². The number of nitrogens with zero attached hydrogens (tertiary/aromatic N) is 5. The predicted octanol–water partition coefficient (Wildman–Crippen LogP) is 0.449. The largest absolute Gasteiger partial charge is 0.472 e. The number of carbonyl (C=O) groups excluding carboxylic acids is 3. The molecular formula is C37H48F2N12O14P2S. The van der Waals surface area contributed by atoms with Gasteiger partial charge in [-0.15, -0.1) is 0 Å². The lowest BCUT2D eigenvalue weighted by Gasteiger charge is -2.28. The van der Waals surface area contributed by atoms with Crippen LogP contribution in [0.15, 0.2) is 58.8 Å². The van der Waals surface area contributed by atoms with E-state index in [9.17, 15) is 38.3 Å². The van der Waals surface area contributed by atoms with Crippen LogP contribution in [0.25, 0.3) is 11.2 Å². The lowest BCUT2D eigenvalue weighted by Crippen LogP contribution is -2.51. The average Bonchev–Trinajstić information content (AvgIpc) is 3.94. The number of alkyl halides is 2. The molecule has 3 aliphatic rings. The molecular weight excluding hydrogens is 968 g/mol. The highest BCUT2D eigenvalue weighted by Gasteiger charge is 2.54. The fourth-order valence-electron chi connectivity index (χ4n) is 7.33. The zero-order valence-corrected chi connectivity index (χ0v) is 38.6. The molecule has 7 rings (SSSR count). The standard InChI is InChI=1S/C37H48F2N12O14P2S/c1-17(2)26(40)33(54)48-20(4-3-10-42-36(41)55)32(53)47-19-7-5-18(6-8-19)12-43-30-27-31(45-15-44-30)51(16-46-27)35-24(38)28-22(63-35)14-61-67(59,68)65-29-21(13-60-66(57,58)64-28)62-34(25(29)39)50-11-9-23(52)49-37(50)56/h5-9,11,15-17,20-22,24-26,28-29,34-35H,3-4,10,12-14,40H2,1-2H3,(H,47,53)(H,48,54)(H,57,58)(H,59,68)(H3,41,42,55)(H,43,44,45)(H,49,52,56)/t20?,21-,22-,24-,25-,26?,28-,29-,34-,35-,67?/m1/s1. The van der Waals surface area contributed by atoms with Gasteiger partial charge < -0.3 is 56.5 Å². The molecule has 26 nitrogen and oxygen atoms in total. The molecule has 0 bridgehead atoms. The summed E-state index contributed by atoms with van der Waals surface area (Å²) in [5.41, 5.74) is 10.6. The number of imidazole rings is 1. The number of rotatable bonds is 14. The maximum atomic E-state index is 16.5. The van der Waals surface area contributed by atoms with Gasteiger partial charge in [-0.1, -0.05) is 26.0 Å². The van der Waals surface area contributed by atoms with E-state index in [2.05, 4.69) is 36.2 Å². The molecule has 3 aromatic heterocycles. The van der Waals surface area contributed by atoms with Crippen LogP contribution in [0.3, 0.4) is 0 Å². The summed E-state index contributed by atoms with van der Waals surface area (Å²) in [7, 11) is -5.23. The first-order valence-corrected chi connectivity index (χ1v) is 24.9. The fourth-order valence-corrected chi connectivity index (χ4v) is 9.73. The number of anilines is 2. The molecule has 11 N–H and O–H groups in total. The molecule has 6 heterocycles. The maximum Gasteiger partial charge on any atom is 0.472 e. The first-order valence-electron chi connectivity index (χ1n) is 20.8. The zero-order valence-electron chi connectivity index (χ0n) is 36.0. The second-order valence-corrected chi connectivity index (χ2v) is 20.3. The van der Waals surface area contributed by atoms with Crippen LogP contribution in [0.2, 0.25) is 0 Å². The van der Waals surface area contributed by atoms with Crippen LogP contribution in [-0.4, -0.2) is 125 Å². The number of urea groups is 1. The first kappa shape index (κ1) is 50.7. The van der Waals surface area contributed by atoms with Crippen molar-refractivity contribution in [2.75, 3.05) is 30.4 Å². The quantitative estimate of drug-likeness (QED) is 0.0611. The van der Waals surface area contributed by atoms with Gasteiger partial charge in [0, 0.05) is 31.0 Å². The molecule has 0 spiro atoms. The predicted molar refractivity (Wildman–Crippen MR) is 236 cm³/mol. The number of amides is 4. The Balaban J connectivity index is 1.01. The van der Waals surface area contributed by atoms with Crippen LogP contribution in [-0.2, 0) is 60.1 Å². The van der Waals surface area contributed by atoms with Gasteiger partial charge in [-0.25, -0.2) is 37.9 Å². The van der Waals surface area contributed by atoms with Gasteiger partial charge in [0.05, 0.1) is 25.6 Å². The number of phosphoric acid groups is 1. The normalized spacial score (nSPS) is 29.5. The van der Waals surface area contributed by atoms with E-state index < -0.39 is 118 Å². The maximum absolute atomic E-state index is 16.5. The van der Waals surface area contributed by atoms with Crippen LogP contribution in [0.5, 0.6) is 0 Å². The van der Waals surface area contributed by atoms with E-state index in [-0.39, 0.29) is 42.4 Å². The smallest absolute Gasteiger partial charge is 0.364 e. The van der Waals surface area contributed by atoms with Crippen molar-refractivity contribution in [3.63, 3.8) is 0 Å². The van der Waals surface area contributed by atoms with E-state index in [4.69, 9.17) is 50.8 Å². The number of fused-ring (bicyclic) bond motifs is 3. The second-order valence-electron chi connectivity index (χ2n) is 16.1. The van der Waals surface area contributed by atoms with Gasteiger partial charge >= 0.3 is 26.3 Å². The van der Waals surface area contributed by atoms with E-state index in [1.54, 1.807) is 38.1 Å². The number of nitrogens with one attached hydrogen (secondary N) is 5. The minimum absolute atomic E-state index is 0.0574. The number of hydrogen-bond acceptors (Lipinski definition) is 18. The summed E-state index contributed by atoms with van der Waals surface area (Å²) < 4.78 is 80.2. The lowest BCUT2D eigenvalue weighted by atomic mass is 10.0. The van der Waals surface area contributed by atoms with Crippen molar-refractivity contribution in [1.82, 2.24) is 39.7 Å². The Kier molecular flexibility index (Phi) is 15.8. The van der Waals surface area contributed by atoms with E-state index in [0.29, 0.717) is 16.7 Å². The Bertz CT molecular complexity index is 2700. The summed E-state index contributed by atoms with van der Waals surface area (Å²) in [4.78, 5) is 97.6. The minimum atomic E-state index is -5.23. The highest BCUT2D eigenvalue weighted by Crippen LogP contribution is 2.54. The van der Waals surface area contributed by atoms with E-state index >= 15 is 8.78 Å². The Morgan fingerprint density at radius 2 is 1.62 bits per heavy atom. The number of aromatic amines is 1. The van der Waals surface area contributed by atoms with E-state index in [1.807, 2.05) is 4.98 Å². The third-order valence-corrected chi connectivity index (χ3v) is 13.5. The molecule has 1 aromatic carbocycles. The van der Waals surface area contributed by atoms with Gasteiger partial charge in [-0.2, -0.15) is 0 Å². The number of benzene rings is 1. The van der Waals surface area contributed by atoms with Crippen molar-refractivity contribution < 1.29 is 65.1 Å². The number of phosphoric ester groups is 1. The van der Waals surface area contributed by atoms with Crippen LogP contribution in [0.1, 0.15) is 44.7 Å². The van der Waals surface area contributed by atoms with Crippen molar-refractivity contribution in [2.45, 2.75) is 94.5 Å². The van der Waals surface area contributed by atoms with E-state index in [0.717, 1.165) is 17.8 Å². The minimum Gasteiger partial charge on any atom is -0.364 e. The highest BCUT2D eigenvalue weighted by atomic mass is 32.5. The third kappa shape index (κ3) is 12.0. The van der Waals surface area contributed by atoms with Crippen LogP contribution < -0.4 is 44.0 Å². The molecule has 0 radical (unpaired) electrons. The molecule has 4 amide bonds. The molecule has 3 aliphatic heterocycles. The van der Waals surface area contributed by atoms with Crippen molar-refractivity contribution in [1.29, 1.82) is 0 Å². The number of hydrogen-bond donors (Lipinski definition) is 9. The molecule has 12 atom stereocenters. The zero-order chi connectivity index (χ0) is 49.1. The van der Waals surface area contributed by atoms with Crippen molar-refractivity contribution in [2.24, 2.45) is 17.4 Å². The molecule has 0 saturated carbocycles. The summed E-state index contributed by atoms with van der Waals surface area (Å²) in [6.45, 7) is -2.29.